The molecule has 1 amide bonds. The van der Waals surface area contributed by atoms with Crippen LogP contribution in [0.15, 0.2) is 0 Å². The highest BCUT2D eigenvalue weighted by molar-refractivity contribution is 6.13. The minimum Gasteiger partial charge on any atom is -0.547 e. The van der Waals surface area contributed by atoms with Crippen molar-refractivity contribution < 1.29 is 19.4 Å². The van der Waals surface area contributed by atoms with Crippen LogP contribution in [-0.2, 0) is 9.53 Å². The number of nitrogens with one attached hydrogen (secondary N) is 2. The molecule has 0 aromatic carbocycles. The van der Waals surface area contributed by atoms with Crippen molar-refractivity contribution in [2.24, 2.45) is 0 Å². The number of carboxylic acids is 1. The van der Waals surface area contributed by atoms with Crippen LogP contribution in [0.5, 0.6) is 0 Å². The van der Waals surface area contributed by atoms with Crippen LogP contribution >= 0.6 is 0 Å². The van der Waals surface area contributed by atoms with Gasteiger partial charge in [0.05, 0.1) is 5.97 Å². The highest BCUT2D eigenvalue weighted by atomic mass is 16.6. The Balaban J connectivity index is 2.96. The number of amides is 1. The molecule has 2 N–H and O–H groups in total. The summed E-state index contributed by atoms with van der Waals surface area (Å²) in [5.74, 6) is -2.21. The van der Waals surface area contributed by atoms with Gasteiger partial charge in [-0.3, -0.25) is 5.41 Å². The molecule has 6 heteroatoms. The number of ether oxygens (including phenoxy) is 1. The first-order chi connectivity index (χ1) is 4.97. The average Bonchev–Trinajstić information content (AvgIpc) is 2.08. The zero-order valence-electron chi connectivity index (χ0n) is 5.63. The number of hydrogen-bond donors (Lipinski definition) is 2. The van der Waals surface area contributed by atoms with Gasteiger partial charge in [0.15, 0.2) is 5.54 Å². The van der Waals surface area contributed by atoms with Gasteiger partial charge in [0, 0.05) is 0 Å². The van der Waals surface area contributed by atoms with Crippen LogP contribution in [0.4, 0.5) is 4.79 Å². The van der Waals surface area contributed by atoms with Crippen LogP contribution in [0.25, 0.3) is 0 Å². The van der Waals surface area contributed by atoms with E-state index in [4.69, 9.17) is 5.41 Å². The molecule has 0 aromatic rings. The van der Waals surface area contributed by atoms with E-state index >= 15 is 0 Å². The van der Waals surface area contributed by atoms with Gasteiger partial charge in [-0.1, -0.05) is 0 Å². The number of hydrogen-bond acceptors (Lipinski definition) is 5. The third kappa shape index (κ3) is 0.917. The predicted molar refractivity (Wildman–Crippen MR) is 30.8 cm³/mol. The second kappa shape index (κ2) is 1.94. The van der Waals surface area contributed by atoms with Crippen molar-refractivity contribution in [3.05, 3.63) is 0 Å². The van der Waals surface area contributed by atoms with Crippen LogP contribution in [0.1, 0.15) is 6.92 Å². The summed E-state index contributed by atoms with van der Waals surface area (Å²) in [6.07, 6.45) is -0.943. The Bertz CT molecular complexity index is 249. The highest BCUT2D eigenvalue weighted by Crippen LogP contribution is 2.12. The van der Waals surface area contributed by atoms with E-state index in [1.54, 1.807) is 0 Å². The summed E-state index contributed by atoms with van der Waals surface area (Å²) in [4.78, 5) is 20.7. The molecule has 1 fully saturated rings. The van der Waals surface area contributed by atoms with Gasteiger partial charge in [-0.15, -0.1) is 0 Å². The number of alkyl carbamates (subject to hydrolysis) is 1. The lowest BCUT2D eigenvalue weighted by Crippen LogP contribution is -2.57. The first-order valence-corrected chi connectivity index (χ1v) is 2.77. The molecule has 1 saturated heterocycles. The number of carbonyl (C=O) groups is 2. The van der Waals surface area contributed by atoms with Gasteiger partial charge in [0.25, 0.3) is 0 Å². The monoisotopic (exact) mass is 157 g/mol. The van der Waals surface area contributed by atoms with E-state index < -0.39 is 23.5 Å². The number of carbonyl (C=O) groups excluding carboxylic acids is 2. The quantitative estimate of drug-likeness (QED) is 0.469. The predicted octanol–water partition coefficient (Wildman–Crippen LogP) is -1.79. The second-order valence-electron chi connectivity index (χ2n) is 2.26. The van der Waals surface area contributed by atoms with Gasteiger partial charge < -0.3 is 20.0 Å². The zero-order chi connectivity index (χ0) is 8.65. The van der Waals surface area contributed by atoms with Crippen LogP contribution < -0.4 is 10.4 Å². The maximum atomic E-state index is 10.4. The fourth-order valence-corrected chi connectivity index (χ4v) is 0.625. The van der Waals surface area contributed by atoms with Crippen molar-refractivity contribution in [1.82, 2.24) is 5.32 Å². The van der Waals surface area contributed by atoms with Crippen LogP contribution in [-0.4, -0.2) is 23.5 Å². The molecule has 1 aliphatic heterocycles. The minimum atomic E-state index is -1.81. The maximum absolute atomic E-state index is 10.4. The third-order valence-electron chi connectivity index (χ3n) is 1.41. The second-order valence-corrected chi connectivity index (χ2v) is 2.26. The standard InChI is InChI=1S/C5H6N2O4/c1-5(3(8)9)2(6)11-4(10)7-5/h6H,1H3,(H,7,10)(H,8,9)/p-1. The Kier molecular flexibility index (Phi) is 1.33. The van der Waals surface area contributed by atoms with E-state index in [2.05, 4.69) is 4.74 Å². The summed E-state index contributed by atoms with van der Waals surface area (Å²) in [7, 11) is 0. The van der Waals surface area contributed by atoms with Gasteiger partial charge in [-0.05, 0) is 6.92 Å². The SMILES string of the molecule is CC1(C(=O)[O-])NC(=O)OC1=N. The summed E-state index contributed by atoms with van der Waals surface area (Å²) in [5, 5.41) is 19.2. The van der Waals surface area contributed by atoms with Gasteiger partial charge in [-0.2, -0.15) is 0 Å². The molecule has 1 rings (SSSR count). The van der Waals surface area contributed by atoms with Crippen LogP contribution in [0.2, 0.25) is 0 Å². The van der Waals surface area contributed by atoms with Crippen molar-refractivity contribution in [3.63, 3.8) is 0 Å². The molecule has 0 saturated carbocycles. The molecule has 60 valence electrons. The number of aliphatic carboxylic acids is 1. The summed E-state index contributed by atoms with van der Waals surface area (Å²) < 4.78 is 4.15. The summed E-state index contributed by atoms with van der Waals surface area (Å²) in [5.41, 5.74) is -1.81. The first-order valence-electron chi connectivity index (χ1n) is 2.77. The van der Waals surface area contributed by atoms with Crippen molar-refractivity contribution in [3.8, 4) is 0 Å². The third-order valence-corrected chi connectivity index (χ3v) is 1.41. The molecule has 0 radical (unpaired) electrons. The zero-order valence-corrected chi connectivity index (χ0v) is 5.63. The summed E-state index contributed by atoms with van der Waals surface area (Å²) in [6.45, 7) is 1.12. The molecule has 0 aromatic heterocycles. The lowest BCUT2D eigenvalue weighted by molar-refractivity contribution is -0.310. The van der Waals surface area contributed by atoms with Crippen molar-refractivity contribution in [1.29, 1.82) is 5.41 Å². The van der Waals surface area contributed by atoms with E-state index in [-0.39, 0.29) is 0 Å². The van der Waals surface area contributed by atoms with E-state index in [0.717, 1.165) is 6.92 Å². The molecule has 0 aliphatic carbocycles. The van der Waals surface area contributed by atoms with Crippen molar-refractivity contribution >= 4 is 18.0 Å². The Morgan fingerprint density at radius 2 is 2.36 bits per heavy atom. The van der Waals surface area contributed by atoms with Crippen LogP contribution in [0.3, 0.4) is 0 Å². The maximum Gasteiger partial charge on any atom is 0.414 e. The molecule has 0 spiro atoms. The molecular formula is C5H5N2O4-. The Labute approximate surface area is 61.7 Å². The minimum absolute atomic E-state index is 0.650. The lowest BCUT2D eigenvalue weighted by atomic mass is 10.0. The first kappa shape index (κ1) is 7.52. The van der Waals surface area contributed by atoms with Gasteiger partial charge in [0.2, 0.25) is 5.90 Å². The van der Waals surface area contributed by atoms with E-state index in [0.29, 0.717) is 0 Å². The Morgan fingerprint density at radius 3 is 2.55 bits per heavy atom. The molecule has 6 nitrogen and oxygen atoms in total. The number of cyclic esters (lactones) is 1. The Morgan fingerprint density at radius 1 is 1.82 bits per heavy atom. The molecule has 1 atom stereocenters. The van der Waals surface area contributed by atoms with E-state index in [9.17, 15) is 14.7 Å². The smallest absolute Gasteiger partial charge is 0.414 e. The molecule has 0 bridgehead atoms. The van der Waals surface area contributed by atoms with Crippen molar-refractivity contribution in [2.45, 2.75) is 12.5 Å². The molecule has 1 unspecified atom stereocenters. The van der Waals surface area contributed by atoms with E-state index in [1.807, 2.05) is 5.32 Å². The number of carboxylic acid groups (broad SMARTS) is 1. The fourth-order valence-electron chi connectivity index (χ4n) is 0.625. The highest BCUT2D eigenvalue weighted by Gasteiger charge is 2.42. The fraction of sp³-hybridized carbons (Fsp3) is 0.400. The van der Waals surface area contributed by atoms with E-state index in [1.165, 1.54) is 0 Å². The van der Waals surface area contributed by atoms with Gasteiger partial charge >= 0.3 is 6.09 Å². The molecular weight excluding hydrogens is 152 g/mol. The largest absolute Gasteiger partial charge is 0.547 e. The van der Waals surface area contributed by atoms with Crippen molar-refractivity contribution in [2.75, 3.05) is 0 Å². The average molecular weight is 157 g/mol. The number of rotatable bonds is 1. The summed E-state index contributed by atoms with van der Waals surface area (Å²) >= 11 is 0. The molecule has 11 heavy (non-hydrogen) atoms. The summed E-state index contributed by atoms with van der Waals surface area (Å²) in [6, 6.07) is 0. The van der Waals surface area contributed by atoms with Gasteiger partial charge in [0.1, 0.15) is 0 Å². The topological polar surface area (TPSA) is 102 Å². The molecule has 1 heterocycles. The van der Waals surface area contributed by atoms with Gasteiger partial charge in [-0.25, -0.2) is 4.79 Å². The lowest BCUT2D eigenvalue weighted by Gasteiger charge is -2.20. The normalized spacial score (nSPS) is 29.5. The van der Waals surface area contributed by atoms with Crippen LogP contribution in [0, 0.1) is 5.41 Å². The Hall–Kier alpha value is -1.59. The molecule has 1 aliphatic rings.